The van der Waals surface area contributed by atoms with Gasteiger partial charge in [0.1, 0.15) is 11.5 Å². The van der Waals surface area contributed by atoms with E-state index in [4.69, 9.17) is 0 Å². The Morgan fingerprint density at radius 2 is 1.74 bits per heavy atom. The fourth-order valence-corrected chi connectivity index (χ4v) is 5.92. The number of carbonyl (C=O) groups is 1. The summed E-state index contributed by atoms with van der Waals surface area (Å²) in [4.78, 5) is 32.8. The van der Waals surface area contributed by atoms with Crippen LogP contribution < -0.4 is 15.5 Å². The van der Waals surface area contributed by atoms with Crippen molar-refractivity contribution in [2.75, 3.05) is 63.6 Å². The first-order valence-electron chi connectivity index (χ1n) is 14.6. The van der Waals surface area contributed by atoms with Crippen molar-refractivity contribution >= 4 is 39.6 Å². The first kappa shape index (κ1) is 26.4. The number of anilines is 3. The van der Waals surface area contributed by atoms with Gasteiger partial charge in [-0.05, 0) is 69.9 Å². The Morgan fingerprint density at radius 3 is 2.57 bits per heavy atom. The number of amides is 1. The molecule has 2 saturated heterocycles. The van der Waals surface area contributed by atoms with Crippen LogP contribution in [0, 0.1) is 0 Å². The summed E-state index contributed by atoms with van der Waals surface area (Å²) in [5.74, 6) is 0.909. The quantitative estimate of drug-likeness (QED) is 0.287. The summed E-state index contributed by atoms with van der Waals surface area (Å²) in [5.41, 5.74) is 6.03. The Labute approximate surface area is 244 Å². The lowest BCUT2D eigenvalue weighted by atomic mass is 10.0. The predicted molar refractivity (Wildman–Crippen MR) is 165 cm³/mol. The summed E-state index contributed by atoms with van der Waals surface area (Å²) in [6.45, 7) is 5.99. The minimum absolute atomic E-state index is 0.0722. The maximum Gasteiger partial charge on any atom is 0.255 e. The number of aromatic nitrogens is 5. The lowest BCUT2D eigenvalue weighted by molar-refractivity contribution is 0.0918. The van der Waals surface area contributed by atoms with Crippen LogP contribution in [0.25, 0.3) is 27.7 Å². The Morgan fingerprint density at radius 1 is 0.929 bits per heavy atom. The van der Waals surface area contributed by atoms with Gasteiger partial charge in [-0.25, -0.2) is 14.5 Å². The highest BCUT2D eigenvalue weighted by Crippen LogP contribution is 2.32. The standard InChI is InChI=1S/C31H36N10O/c1-38-8-5-22(6-9-38)37-31(42)27-20-35-41-10-4-21(15-28(27)41)26-19-34-30-25(26)16-24(18-33-30)36-23-3-7-32-29(17-23)40-13-11-39(2)12-14-40/h3-4,7,10,15-20,22H,5-6,8-9,11-14H2,1-2H3,(H,32,36)(H,33,34)(H,37,42). The summed E-state index contributed by atoms with van der Waals surface area (Å²) in [6.07, 6.45) is 11.1. The second-order valence-corrected chi connectivity index (χ2v) is 11.5. The van der Waals surface area contributed by atoms with Gasteiger partial charge in [0.2, 0.25) is 0 Å². The summed E-state index contributed by atoms with van der Waals surface area (Å²) >= 11 is 0. The zero-order valence-electron chi connectivity index (χ0n) is 24.0. The number of nitrogens with zero attached hydrogens (tertiary/aromatic N) is 7. The van der Waals surface area contributed by atoms with E-state index in [9.17, 15) is 4.79 Å². The molecule has 0 aromatic carbocycles. The van der Waals surface area contributed by atoms with E-state index in [1.165, 1.54) is 0 Å². The summed E-state index contributed by atoms with van der Waals surface area (Å²) in [7, 11) is 4.27. The molecule has 11 nitrogen and oxygen atoms in total. The van der Waals surface area contributed by atoms with Crippen LogP contribution in [0.4, 0.5) is 17.2 Å². The molecule has 0 unspecified atom stereocenters. The lowest BCUT2D eigenvalue weighted by Crippen LogP contribution is -2.44. The van der Waals surface area contributed by atoms with Crippen molar-refractivity contribution in [3.63, 3.8) is 0 Å². The molecule has 216 valence electrons. The van der Waals surface area contributed by atoms with Crippen LogP contribution in [0.15, 0.2) is 61.3 Å². The lowest BCUT2D eigenvalue weighted by Gasteiger charge is -2.33. The minimum atomic E-state index is -0.0722. The maximum atomic E-state index is 13.2. The third-order valence-corrected chi connectivity index (χ3v) is 8.52. The summed E-state index contributed by atoms with van der Waals surface area (Å²) in [6, 6.07) is 10.4. The normalized spacial score (nSPS) is 17.2. The molecule has 2 aliphatic rings. The predicted octanol–water partition coefficient (Wildman–Crippen LogP) is 3.59. The molecule has 7 heterocycles. The average Bonchev–Trinajstić information content (AvgIpc) is 3.63. The van der Waals surface area contributed by atoms with E-state index in [1.54, 1.807) is 10.7 Å². The van der Waals surface area contributed by atoms with Gasteiger partial charge in [0, 0.05) is 73.5 Å². The molecule has 0 aliphatic carbocycles. The van der Waals surface area contributed by atoms with Crippen molar-refractivity contribution in [2.24, 2.45) is 0 Å². The highest BCUT2D eigenvalue weighted by molar-refractivity contribution is 6.02. The number of fused-ring (bicyclic) bond motifs is 2. The smallest absolute Gasteiger partial charge is 0.255 e. The Kier molecular flexibility index (Phi) is 6.96. The minimum Gasteiger partial charge on any atom is -0.354 e. The average molecular weight is 565 g/mol. The van der Waals surface area contributed by atoms with E-state index in [0.29, 0.717) is 5.56 Å². The van der Waals surface area contributed by atoms with Gasteiger partial charge in [0.05, 0.1) is 29.2 Å². The molecule has 42 heavy (non-hydrogen) atoms. The van der Waals surface area contributed by atoms with Crippen LogP contribution >= 0.6 is 0 Å². The molecule has 7 rings (SSSR count). The van der Waals surface area contributed by atoms with Gasteiger partial charge >= 0.3 is 0 Å². The van der Waals surface area contributed by atoms with Crippen LogP contribution in [-0.2, 0) is 0 Å². The maximum absolute atomic E-state index is 13.2. The molecular weight excluding hydrogens is 528 g/mol. The van der Waals surface area contributed by atoms with E-state index < -0.39 is 0 Å². The Bertz CT molecular complexity index is 1730. The largest absolute Gasteiger partial charge is 0.354 e. The van der Waals surface area contributed by atoms with E-state index >= 15 is 0 Å². The molecule has 0 radical (unpaired) electrons. The Hall–Kier alpha value is -4.48. The van der Waals surface area contributed by atoms with E-state index in [2.05, 4.69) is 71.6 Å². The number of likely N-dealkylation sites (tertiary alicyclic amines) is 1. The summed E-state index contributed by atoms with van der Waals surface area (Å²) in [5, 5.41) is 12.2. The fourth-order valence-electron chi connectivity index (χ4n) is 5.92. The third-order valence-electron chi connectivity index (χ3n) is 8.52. The van der Waals surface area contributed by atoms with E-state index in [1.807, 2.05) is 43.0 Å². The van der Waals surface area contributed by atoms with Crippen LogP contribution in [0.2, 0.25) is 0 Å². The van der Waals surface area contributed by atoms with Crippen molar-refractivity contribution in [1.82, 2.24) is 39.7 Å². The first-order chi connectivity index (χ1) is 20.5. The molecule has 0 bridgehead atoms. The number of piperidine rings is 1. The SMILES string of the molecule is CN1CCC(NC(=O)c2cnn3ccc(-c4c[nH]c5ncc(Nc6ccnc(N7CCN(C)CC7)c6)cc45)cc23)CC1. The zero-order chi connectivity index (χ0) is 28.6. The molecule has 2 fully saturated rings. The molecule has 5 aromatic rings. The topological polar surface area (TPSA) is 110 Å². The summed E-state index contributed by atoms with van der Waals surface area (Å²) < 4.78 is 1.76. The van der Waals surface area contributed by atoms with Crippen molar-refractivity contribution in [3.05, 3.63) is 66.9 Å². The van der Waals surface area contributed by atoms with Gasteiger partial charge in [0.15, 0.2) is 0 Å². The van der Waals surface area contributed by atoms with Gasteiger partial charge in [-0.3, -0.25) is 4.79 Å². The number of carbonyl (C=O) groups excluding carboxylic acids is 1. The molecule has 5 aromatic heterocycles. The van der Waals surface area contributed by atoms with Gasteiger partial charge in [0.25, 0.3) is 5.91 Å². The van der Waals surface area contributed by atoms with Gasteiger partial charge in [-0.2, -0.15) is 5.10 Å². The number of aromatic amines is 1. The van der Waals surface area contributed by atoms with Crippen LogP contribution in [-0.4, -0.2) is 99.7 Å². The monoisotopic (exact) mass is 564 g/mol. The molecule has 0 saturated carbocycles. The molecule has 0 spiro atoms. The van der Waals surface area contributed by atoms with Gasteiger partial charge in [-0.15, -0.1) is 0 Å². The molecule has 2 aliphatic heterocycles. The number of rotatable bonds is 6. The third kappa shape index (κ3) is 5.28. The van der Waals surface area contributed by atoms with Gasteiger partial charge in [-0.1, -0.05) is 0 Å². The van der Waals surface area contributed by atoms with Crippen molar-refractivity contribution in [2.45, 2.75) is 18.9 Å². The molecule has 0 atom stereocenters. The number of hydrogen-bond donors (Lipinski definition) is 3. The van der Waals surface area contributed by atoms with Gasteiger partial charge < -0.3 is 30.3 Å². The highest BCUT2D eigenvalue weighted by Gasteiger charge is 2.22. The second-order valence-electron chi connectivity index (χ2n) is 11.5. The van der Waals surface area contributed by atoms with Crippen LogP contribution in [0.5, 0.6) is 0 Å². The van der Waals surface area contributed by atoms with E-state index in [0.717, 1.165) is 97.0 Å². The highest BCUT2D eigenvalue weighted by atomic mass is 16.1. The van der Waals surface area contributed by atoms with Crippen LogP contribution in [0.3, 0.4) is 0 Å². The molecule has 3 N–H and O–H groups in total. The van der Waals surface area contributed by atoms with E-state index in [-0.39, 0.29) is 11.9 Å². The number of piperazine rings is 1. The number of pyridine rings is 3. The first-order valence-corrected chi connectivity index (χ1v) is 14.6. The van der Waals surface area contributed by atoms with Crippen molar-refractivity contribution in [3.8, 4) is 11.1 Å². The molecular formula is C31H36N10O. The number of likely N-dealkylation sites (N-methyl/N-ethyl adjacent to an activating group) is 1. The van der Waals surface area contributed by atoms with Crippen LogP contribution in [0.1, 0.15) is 23.2 Å². The van der Waals surface area contributed by atoms with Crippen molar-refractivity contribution in [1.29, 1.82) is 0 Å². The second kappa shape index (κ2) is 11.1. The zero-order valence-corrected chi connectivity index (χ0v) is 24.0. The van der Waals surface area contributed by atoms with Crippen molar-refractivity contribution < 1.29 is 4.79 Å². The number of hydrogen-bond acceptors (Lipinski definition) is 8. The molecule has 11 heteroatoms. The number of H-pyrrole nitrogens is 1. The fraction of sp³-hybridized carbons (Fsp3) is 0.355. The Balaban J connectivity index is 1.14. The molecule has 1 amide bonds. The number of nitrogens with one attached hydrogen (secondary N) is 3.